The Balaban J connectivity index is 1.94. The number of hydrogen-bond donors (Lipinski definition) is 3. The molecule has 25 heavy (non-hydrogen) atoms. The van der Waals surface area contributed by atoms with Gasteiger partial charge in [0, 0.05) is 20.9 Å². The van der Waals surface area contributed by atoms with Crippen molar-refractivity contribution in [2.75, 3.05) is 5.32 Å². The van der Waals surface area contributed by atoms with Crippen LogP contribution in [0.15, 0.2) is 64.3 Å². The van der Waals surface area contributed by atoms with Gasteiger partial charge in [0.1, 0.15) is 0 Å². The van der Waals surface area contributed by atoms with Crippen molar-refractivity contribution in [2.45, 2.75) is 13.0 Å². The van der Waals surface area contributed by atoms with Crippen molar-refractivity contribution >= 4 is 56.5 Å². The van der Waals surface area contributed by atoms with Gasteiger partial charge >= 0.3 is 0 Å². The summed E-state index contributed by atoms with van der Waals surface area (Å²) in [6.07, 6.45) is 0. The molecule has 1 aliphatic rings. The van der Waals surface area contributed by atoms with Gasteiger partial charge in [0.05, 0.1) is 11.6 Å². The van der Waals surface area contributed by atoms with Crippen LogP contribution < -0.4 is 16.0 Å². The fourth-order valence-corrected chi connectivity index (χ4v) is 3.39. The zero-order valence-corrected chi connectivity index (χ0v) is 16.4. The van der Waals surface area contributed by atoms with Crippen molar-refractivity contribution in [1.29, 1.82) is 0 Å². The Kier molecular flexibility index (Phi) is 5.42. The Bertz CT molecular complexity index is 867. The summed E-state index contributed by atoms with van der Waals surface area (Å²) >= 11 is 14.7. The van der Waals surface area contributed by atoms with E-state index in [0.29, 0.717) is 21.4 Å². The van der Waals surface area contributed by atoms with Gasteiger partial charge in [0.25, 0.3) is 5.91 Å². The first-order valence-electron chi connectivity index (χ1n) is 7.54. The normalized spacial score (nSPS) is 16.9. The van der Waals surface area contributed by atoms with Gasteiger partial charge in [-0.15, -0.1) is 0 Å². The number of anilines is 1. The van der Waals surface area contributed by atoms with Gasteiger partial charge in [-0.3, -0.25) is 4.79 Å². The fraction of sp³-hybridized carbons (Fsp3) is 0.111. The first kappa shape index (κ1) is 17.9. The van der Waals surface area contributed by atoms with Crippen LogP contribution in [0, 0.1) is 0 Å². The number of halogens is 2. The molecule has 0 fully saturated rings. The van der Waals surface area contributed by atoms with Gasteiger partial charge in [0.15, 0.2) is 5.11 Å². The van der Waals surface area contributed by atoms with Gasteiger partial charge in [-0.05, 0) is 55.0 Å². The van der Waals surface area contributed by atoms with Crippen molar-refractivity contribution in [3.63, 3.8) is 0 Å². The number of nitrogens with one attached hydrogen (secondary N) is 3. The minimum atomic E-state index is -0.332. The summed E-state index contributed by atoms with van der Waals surface area (Å²) in [5, 5.41) is 10.1. The molecule has 0 saturated heterocycles. The van der Waals surface area contributed by atoms with Crippen LogP contribution in [0.2, 0.25) is 5.02 Å². The van der Waals surface area contributed by atoms with Crippen LogP contribution >= 0.6 is 39.7 Å². The van der Waals surface area contributed by atoms with Gasteiger partial charge in [-0.1, -0.05) is 45.7 Å². The molecule has 1 amide bonds. The third-order valence-electron chi connectivity index (χ3n) is 3.80. The molecule has 1 atom stereocenters. The minimum Gasteiger partial charge on any atom is -0.351 e. The summed E-state index contributed by atoms with van der Waals surface area (Å²) < 4.78 is 0.971. The van der Waals surface area contributed by atoms with E-state index in [1.54, 1.807) is 24.3 Å². The maximum Gasteiger partial charge on any atom is 0.255 e. The first-order valence-corrected chi connectivity index (χ1v) is 9.12. The molecule has 1 heterocycles. The van der Waals surface area contributed by atoms with E-state index in [1.165, 1.54) is 0 Å². The maximum atomic E-state index is 12.9. The molecule has 3 N–H and O–H groups in total. The molecule has 0 spiro atoms. The van der Waals surface area contributed by atoms with Crippen molar-refractivity contribution in [2.24, 2.45) is 0 Å². The number of rotatable bonds is 3. The third-order valence-corrected chi connectivity index (χ3v) is 4.78. The lowest BCUT2D eigenvalue weighted by atomic mass is 9.95. The number of hydrogen-bond acceptors (Lipinski definition) is 2. The lowest BCUT2D eigenvalue weighted by Crippen LogP contribution is -2.45. The SMILES string of the molecule is CC1=C(C(=O)Nc2cccc(Cl)c2)[C@@H](c2ccc(Br)cc2)NC(=S)N1. The maximum absolute atomic E-state index is 12.9. The number of carbonyl (C=O) groups is 1. The smallest absolute Gasteiger partial charge is 0.255 e. The van der Waals surface area contributed by atoms with Crippen LogP contribution in [0.3, 0.4) is 0 Å². The minimum absolute atomic E-state index is 0.213. The van der Waals surface area contributed by atoms with E-state index in [4.69, 9.17) is 23.8 Å². The van der Waals surface area contributed by atoms with Gasteiger partial charge in [0.2, 0.25) is 0 Å². The van der Waals surface area contributed by atoms with E-state index in [1.807, 2.05) is 31.2 Å². The Morgan fingerprint density at radius 1 is 1.24 bits per heavy atom. The van der Waals surface area contributed by atoms with Gasteiger partial charge in [-0.2, -0.15) is 0 Å². The summed E-state index contributed by atoms with van der Waals surface area (Å²) in [7, 11) is 0. The Morgan fingerprint density at radius 2 is 1.96 bits per heavy atom. The Hall–Kier alpha value is -1.89. The van der Waals surface area contributed by atoms with E-state index in [2.05, 4.69) is 31.9 Å². The molecule has 4 nitrogen and oxygen atoms in total. The van der Waals surface area contributed by atoms with Crippen LogP contribution in [0.1, 0.15) is 18.5 Å². The molecule has 0 radical (unpaired) electrons. The lowest BCUT2D eigenvalue weighted by molar-refractivity contribution is -0.113. The molecule has 128 valence electrons. The Labute approximate surface area is 164 Å². The largest absolute Gasteiger partial charge is 0.351 e. The molecular formula is C18H15BrClN3OS. The summed E-state index contributed by atoms with van der Waals surface area (Å²) in [4.78, 5) is 12.9. The number of allylic oxidation sites excluding steroid dienone is 1. The molecule has 0 aliphatic carbocycles. The average molecular weight is 437 g/mol. The van der Waals surface area contributed by atoms with Crippen molar-refractivity contribution < 1.29 is 4.79 Å². The third kappa shape index (κ3) is 4.21. The predicted molar refractivity (Wildman–Crippen MR) is 109 cm³/mol. The molecule has 2 aromatic rings. The first-order chi connectivity index (χ1) is 11.9. The van der Waals surface area contributed by atoms with Crippen LogP contribution in [0.25, 0.3) is 0 Å². The molecule has 0 saturated carbocycles. The van der Waals surface area contributed by atoms with Gasteiger partial charge in [-0.25, -0.2) is 0 Å². The van der Waals surface area contributed by atoms with E-state index >= 15 is 0 Å². The van der Waals surface area contributed by atoms with Crippen molar-refractivity contribution in [3.05, 3.63) is 74.9 Å². The topological polar surface area (TPSA) is 53.2 Å². The zero-order chi connectivity index (χ0) is 18.0. The standard InChI is InChI=1S/C18H15BrClN3OS/c1-10-15(17(24)22-14-4-2-3-13(20)9-14)16(23-18(25)21-10)11-5-7-12(19)8-6-11/h2-9,16H,1H3,(H,22,24)(H2,21,23,25)/t16-/m1/s1. The highest BCUT2D eigenvalue weighted by atomic mass is 79.9. The second-order valence-electron chi connectivity index (χ2n) is 5.59. The zero-order valence-electron chi connectivity index (χ0n) is 13.3. The Morgan fingerprint density at radius 3 is 2.64 bits per heavy atom. The highest BCUT2D eigenvalue weighted by molar-refractivity contribution is 9.10. The van der Waals surface area contributed by atoms with Gasteiger partial charge < -0.3 is 16.0 Å². The molecule has 0 aromatic heterocycles. The highest BCUT2D eigenvalue weighted by Crippen LogP contribution is 2.29. The summed E-state index contributed by atoms with van der Waals surface area (Å²) in [5.74, 6) is -0.213. The van der Waals surface area contributed by atoms with Crippen LogP contribution in [-0.4, -0.2) is 11.0 Å². The lowest BCUT2D eigenvalue weighted by Gasteiger charge is -2.30. The van der Waals surface area contributed by atoms with Crippen LogP contribution in [0.4, 0.5) is 5.69 Å². The fourth-order valence-electron chi connectivity index (χ4n) is 2.66. The molecule has 0 bridgehead atoms. The number of benzene rings is 2. The molecule has 1 aliphatic heterocycles. The molecule has 2 aromatic carbocycles. The summed E-state index contributed by atoms with van der Waals surface area (Å²) in [6.45, 7) is 1.84. The van der Waals surface area contributed by atoms with Crippen molar-refractivity contribution in [1.82, 2.24) is 10.6 Å². The van der Waals surface area contributed by atoms with E-state index in [0.717, 1.165) is 15.7 Å². The van der Waals surface area contributed by atoms with Crippen molar-refractivity contribution in [3.8, 4) is 0 Å². The van der Waals surface area contributed by atoms with E-state index in [-0.39, 0.29) is 11.9 Å². The molecular weight excluding hydrogens is 422 g/mol. The number of thiocarbonyl (C=S) groups is 1. The number of carbonyl (C=O) groups excluding carboxylic acids is 1. The second kappa shape index (κ2) is 7.56. The monoisotopic (exact) mass is 435 g/mol. The molecule has 0 unspecified atom stereocenters. The summed E-state index contributed by atoms with van der Waals surface area (Å²) in [5.41, 5.74) is 2.88. The summed E-state index contributed by atoms with van der Waals surface area (Å²) in [6, 6.07) is 14.5. The van der Waals surface area contributed by atoms with E-state index < -0.39 is 0 Å². The average Bonchev–Trinajstić information content (AvgIpc) is 2.54. The molecule has 7 heteroatoms. The molecule has 3 rings (SSSR count). The van der Waals surface area contributed by atoms with E-state index in [9.17, 15) is 4.79 Å². The predicted octanol–water partition coefficient (Wildman–Crippen LogP) is 4.53. The number of amides is 1. The van der Waals surface area contributed by atoms with Crippen LogP contribution in [-0.2, 0) is 4.79 Å². The quantitative estimate of drug-likeness (QED) is 0.619. The van der Waals surface area contributed by atoms with Crippen LogP contribution in [0.5, 0.6) is 0 Å². The highest BCUT2D eigenvalue weighted by Gasteiger charge is 2.29. The second-order valence-corrected chi connectivity index (χ2v) is 7.35.